The molecular weight excluding hydrogens is 544 g/mol. The molecule has 186 valence electrons. The molecule has 0 radical (unpaired) electrons. The van der Waals surface area contributed by atoms with Crippen LogP contribution in [-0.4, -0.2) is 26.6 Å². The normalized spacial score (nSPS) is 11.4. The van der Waals surface area contributed by atoms with Gasteiger partial charge in [-0.15, -0.1) is 0 Å². The first-order valence-electron chi connectivity index (χ1n) is 11.3. The molecule has 9 heteroatoms. The van der Waals surface area contributed by atoms with Gasteiger partial charge in [-0.3, -0.25) is 9.36 Å². The zero-order chi connectivity index (χ0) is 26.0. The topological polar surface area (TPSA) is 79.1 Å². The number of aromatic nitrogens is 4. The fourth-order valence-electron chi connectivity index (χ4n) is 3.60. The number of halogens is 2. The molecule has 7 nitrogen and oxygen atoms in total. The number of nitrogens with zero attached hydrogens (tertiary/aromatic N) is 4. The van der Waals surface area contributed by atoms with Crippen LogP contribution in [0.4, 0.5) is 0 Å². The molecule has 0 spiro atoms. The van der Waals surface area contributed by atoms with Gasteiger partial charge in [-0.1, -0.05) is 50.6 Å². The Bertz CT molecular complexity index is 1480. The van der Waals surface area contributed by atoms with Gasteiger partial charge >= 0.3 is 0 Å². The molecule has 36 heavy (non-hydrogen) atoms. The lowest BCUT2D eigenvalue weighted by molar-refractivity contribution is 0.288. The molecule has 0 aliphatic heterocycles. The van der Waals surface area contributed by atoms with E-state index in [1.807, 2.05) is 42.5 Å². The minimum absolute atomic E-state index is 0.200. The number of benzene rings is 2. The standard InChI is InChI=1S/C27H26BrClN4O3/c1-16-31-24(36-15-17-7-6-8-19(13-17)35-5)23(28)25(34)33(16)22-14-18(9-10-20(22)29)21-11-12-30-26(32-21)27(2,3)4/h6-14H,15H2,1-5H3. The third-order valence-electron chi connectivity index (χ3n) is 5.48. The van der Waals surface area contributed by atoms with Crippen LogP contribution in [-0.2, 0) is 12.0 Å². The van der Waals surface area contributed by atoms with Crippen molar-refractivity contribution < 1.29 is 9.47 Å². The number of methoxy groups -OCH3 is 1. The third kappa shape index (κ3) is 5.44. The van der Waals surface area contributed by atoms with Gasteiger partial charge in [0.05, 0.1) is 23.5 Å². The molecule has 0 N–H and O–H groups in total. The molecule has 0 saturated heterocycles. The number of hydrogen-bond acceptors (Lipinski definition) is 6. The lowest BCUT2D eigenvalue weighted by Crippen LogP contribution is -2.24. The quantitative estimate of drug-likeness (QED) is 0.271. The summed E-state index contributed by atoms with van der Waals surface area (Å²) in [6, 6.07) is 14.8. The Morgan fingerprint density at radius 2 is 1.86 bits per heavy atom. The summed E-state index contributed by atoms with van der Waals surface area (Å²) < 4.78 is 12.8. The first-order valence-corrected chi connectivity index (χ1v) is 12.4. The molecule has 2 heterocycles. The second kappa shape index (κ2) is 10.4. The molecule has 0 fully saturated rings. The van der Waals surface area contributed by atoms with Crippen molar-refractivity contribution >= 4 is 27.5 Å². The maximum Gasteiger partial charge on any atom is 0.276 e. The minimum atomic E-state index is -0.333. The van der Waals surface area contributed by atoms with Crippen LogP contribution >= 0.6 is 27.5 Å². The summed E-state index contributed by atoms with van der Waals surface area (Å²) >= 11 is 9.92. The van der Waals surface area contributed by atoms with Crippen molar-refractivity contribution in [2.45, 2.75) is 39.7 Å². The Labute approximate surface area is 223 Å². The summed E-state index contributed by atoms with van der Waals surface area (Å²) in [6.07, 6.45) is 1.74. The Hall–Kier alpha value is -3.23. The molecule has 0 aliphatic carbocycles. The molecule has 0 amide bonds. The minimum Gasteiger partial charge on any atom is -0.497 e. The second-order valence-corrected chi connectivity index (χ2v) is 10.4. The maximum atomic E-state index is 13.4. The number of rotatable bonds is 6. The van der Waals surface area contributed by atoms with E-state index < -0.39 is 0 Å². The zero-order valence-corrected chi connectivity index (χ0v) is 23.0. The molecule has 0 saturated carbocycles. The van der Waals surface area contributed by atoms with Crippen LogP contribution in [0, 0.1) is 6.92 Å². The summed E-state index contributed by atoms with van der Waals surface area (Å²) in [5.74, 6) is 2.09. The van der Waals surface area contributed by atoms with Crippen molar-refractivity contribution in [1.29, 1.82) is 0 Å². The first kappa shape index (κ1) is 25.9. The van der Waals surface area contributed by atoms with Crippen LogP contribution < -0.4 is 15.0 Å². The maximum absolute atomic E-state index is 13.4. The molecule has 0 unspecified atom stereocenters. The molecule has 2 aromatic heterocycles. The van der Waals surface area contributed by atoms with Crippen molar-refractivity contribution in [3.63, 3.8) is 0 Å². The van der Waals surface area contributed by atoms with Gasteiger partial charge in [0.2, 0.25) is 5.88 Å². The molecular formula is C27H26BrClN4O3. The average Bonchev–Trinajstić information content (AvgIpc) is 2.86. The monoisotopic (exact) mass is 568 g/mol. The van der Waals surface area contributed by atoms with Gasteiger partial charge in [0.25, 0.3) is 5.56 Å². The number of ether oxygens (including phenoxy) is 2. The highest BCUT2D eigenvalue weighted by Crippen LogP contribution is 2.30. The molecule has 0 bridgehead atoms. The van der Waals surface area contributed by atoms with Crippen LogP contribution in [0.2, 0.25) is 5.02 Å². The number of aryl methyl sites for hydroxylation is 1. The second-order valence-electron chi connectivity index (χ2n) is 9.24. The van der Waals surface area contributed by atoms with E-state index in [2.05, 4.69) is 46.7 Å². The highest BCUT2D eigenvalue weighted by atomic mass is 79.9. The van der Waals surface area contributed by atoms with Gasteiger partial charge < -0.3 is 9.47 Å². The molecule has 4 rings (SSSR count). The molecule has 0 atom stereocenters. The fraction of sp³-hybridized carbons (Fsp3) is 0.259. The Balaban J connectivity index is 1.71. The van der Waals surface area contributed by atoms with Gasteiger partial charge in [0, 0.05) is 17.2 Å². The Morgan fingerprint density at radius 1 is 1.08 bits per heavy atom. The van der Waals surface area contributed by atoms with E-state index in [0.717, 1.165) is 28.4 Å². The Kier molecular flexibility index (Phi) is 7.47. The van der Waals surface area contributed by atoms with Crippen LogP contribution in [0.15, 0.2) is 64.0 Å². The van der Waals surface area contributed by atoms with Crippen LogP contribution in [0.5, 0.6) is 11.6 Å². The van der Waals surface area contributed by atoms with E-state index in [9.17, 15) is 4.79 Å². The smallest absolute Gasteiger partial charge is 0.276 e. The summed E-state index contributed by atoms with van der Waals surface area (Å²) in [5.41, 5.74) is 2.40. The van der Waals surface area contributed by atoms with Crippen LogP contribution in [0.1, 0.15) is 38.0 Å². The van der Waals surface area contributed by atoms with Crippen molar-refractivity contribution in [1.82, 2.24) is 19.5 Å². The van der Waals surface area contributed by atoms with Gasteiger partial charge in [-0.25, -0.2) is 9.97 Å². The van der Waals surface area contributed by atoms with E-state index in [4.69, 9.17) is 26.1 Å². The SMILES string of the molecule is COc1cccc(COc2nc(C)n(-c3cc(-c4ccnc(C(C)(C)C)n4)ccc3Cl)c(=O)c2Br)c1. The van der Waals surface area contributed by atoms with E-state index >= 15 is 0 Å². The molecule has 4 aromatic rings. The summed E-state index contributed by atoms with van der Waals surface area (Å²) in [5, 5.41) is 0.410. The molecule has 2 aromatic carbocycles. The summed E-state index contributed by atoms with van der Waals surface area (Å²) in [7, 11) is 1.61. The van der Waals surface area contributed by atoms with Crippen molar-refractivity contribution in [3.05, 3.63) is 91.8 Å². The predicted octanol–water partition coefficient (Wildman–Crippen LogP) is 6.30. The van der Waals surface area contributed by atoms with E-state index in [1.54, 1.807) is 26.3 Å². The van der Waals surface area contributed by atoms with E-state index in [0.29, 0.717) is 16.5 Å². The highest BCUT2D eigenvalue weighted by molar-refractivity contribution is 9.10. The van der Waals surface area contributed by atoms with Gasteiger partial charge in [-0.05, 0) is 58.7 Å². The lowest BCUT2D eigenvalue weighted by atomic mass is 9.95. The zero-order valence-electron chi connectivity index (χ0n) is 20.7. The van der Waals surface area contributed by atoms with Gasteiger partial charge in [-0.2, -0.15) is 4.98 Å². The highest BCUT2D eigenvalue weighted by Gasteiger charge is 2.20. The largest absolute Gasteiger partial charge is 0.497 e. The average molecular weight is 570 g/mol. The fourth-order valence-corrected chi connectivity index (χ4v) is 4.18. The first-order chi connectivity index (χ1) is 17.1. The van der Waals surface area contributed by atoms with Crippen molar-refractivity contribution in [2.24, 2.45) is 0 Å². The van der Waals surface area contributed by atoms with Crippen LogP contribution in [0.3, 0.4) is 0 Å². The van der Waals surface area contributed by atoms with Crippen molar-refractivity contribution in [3.8, 4) is 28.6 Å². The van der Waals surface area contributed by atoms with Gasteiger partial charge in [0.1, 0.15) is 28.5 Å². The van der Waals surface area contributed by atoms with E-state index in [1.165, 1.54) is 4.57 Å². The summed E-state index contributed by atoms with van der Waals surface area (Å²) in [6.45, 7) is 8.14. The van der Waals surface area contributed by atoms with E-state index in [-0.39, 0.29) is 27.9 Å². The van der Waals surface area contributed by atoms with Crippen molar-refractivity contribution in [2.75, 3.05) is 7.11 Å². The molecule has 0 aliphatic rings. The summed E-state index contributed by atoms with van der Waals surface area (Å²) in [4.78, 5) is 27.1. The van der Waals surface area contributed by atoms with Crippen LogP contribution in [0.25, 0.3) is 16.9 Å². The lowest BCUT2D eigenvalue weighted by Gasteiger charge is -2.18. The Morgan fingerprint density at radius 3 is 2.58 bits per heavy atom. The number of hydrogen-bond donors (Lipinski definition) is 0. The predicted molar refractivity (Wildman–Crippen MR) is 144 cm³/mol. The van der Waals surface area contributed by atoms with Gasteiger partial charge in [0.15, 0.2) is 0 Å². The third-order valence-corrected chi connectivity index (χ3v) is 6.48.